The van der Waals surface area contributed by atoms with Crippen LogP contribution in [0.15, 0.2) is 30.6 Å². The van der Waals surface area contributed by atoms with E-state index in [1.807, 2.05) is 12.4 Å². The summed E-state index contributed by atoms with van der Waals surface area (Å²) in [5, 5.41) is 0. The number of nitrogens with zero attached hydrogens (tertiary/aromatic N) is 2. The number of fused-ring (bicyclic) bond motifs is 3. The molecule has 0 aromatic carbocycles. The minimum atomic E-state index is 0.129. The van der Waals surface area contributed by atoms with Crippen molar-refractivity contribution in [3.63, 3.8) is 0 Å². The summed E-state index contributed by atoms with van der Waals surface area (Å²) < 4.78 is 0. The molecular formula is C20H26N2. The Morgan fingerprint density at radius 2 is 1.64 bits per heavy atom. The van der Waals surface area contributed by atoms with E-state index in [1.54, 1.807) is 0 Å². The van der Waals surface area contributed by atoms with Crippen molar-refractivity contribution in [2.24, 2.45) is 0 Å². The van der Waals surface area contributed by atoms with Gasteiger partial charge in [-0.2, -0.15) is 0 Å². The van der Waals surface area contributed by atoms with Gasteiger partial charge in [-0.25, -0.2) is 0 Å². The Labute approximate surface area is 134 Å². The van der Waals surface area contributed by atoms with Crippen molar-refractivity contribution in [3.05, 3.63) is 47.3 Å². The molecule has 116 valence electrons. The molecule has 0 saturated heterocycles. The van der Waals surface area contributed by atoms with Crippen molar-refractivity contribution in [2.45, 2.75) is 64.7 Å². The molecule has 0 bridgehead atoms. The average molecular weight is 294 g/mol. The molecule has 0 N–H and O–H groups in total. The first kappa shape index (κ1) is 15.2. The smallest absolute Gasteiger partial charge is 0.0930 e. The van der Waals surface area contributed by atoms with E-state index in [9.17, 15) is 0 Å². The van der Waals surface area contributed by atoms with Gasteiger partial charge in [-0.3, -0.25) is 9.97 Å². The Kier molecular flexibility index (Phi) is 4.28. The minimum absolute atomic E-state index is 0.129. The lowest BCUT2D eigenvalue weighted by Crippen LogP contribution is -2.25. The number of unbranched alkanes of at least 4 members (excludes halogenated alkanes) is 2. The van der Waals surface area contributed by atoms with Crippen LogP contribution in [0.25, 0.3) is 11.4 Å². The van der Waals surface area contributed by atoms with E-state index in [-0.39, 0.29) is 5.41 Å². The molecular weight excluding hydrogens is 268 g/mol. The van der Waals surface area contributed by atoms with Gasteiger partial charge in [0.05, 0.1) is 11.4 Å². The van der Waals surface area contributed by atoms with Gasteiger partial charge in [0.2, 0.25) is 0 Å². The number of pyridine rings is 2. The second-order valence-electron chi connectivity index (χ2n) is 6.60. The van der Waals surface area contributed by atoms with Crippen LogP contribution in [0, 0.1) is 6.92 Å². The zero-order chi connectivity index (χ0) is 15.6. The molecule has 1 aliphatic carbocycles. The Bertz CT molecular complexity index is 653. The molecule has 2 heteroatoms. The topological polar surface area (TPSA) is 25.8 Å². The van der Waals surface area contributed by atoms with Crippen LogP contribution in [-0.2, 0) is 5.41 Å². The third-order valence-corrected chi connectivity index (χ3v) is 5.00. The third kappa shape index (κ3) is 2.35. The molecule has 0 radical (unpaired) electrons. The molecule has 0 saturated carbocycles. The first-order valence-electron chi connectivity index (χ1n) is 8.66. The zero-order valence-electron chi connectivity index (χ0n) is 14.0. The molecule has 2 aromatic heterocycles. The molecule has 22 heavy (non-hydrogen) atoms. The maximum atomic E-state index is 4.75. The largest absolute Gasteiger partial charge is 0.254 e. The number of aromatic nitrogens is 2. The monoisotopic (exact) mass is 294 g/mol. The van der Waals surface area contributed by atoms with Crippen LogP contribution in [0.4, 0.5) is 0 Å². The second-order valence-corrected chi connectivity index (χ2v) is 6.60. The van der Waals surface area contributed by atoms with Crippen molar-refractivity contribution in [1.29, 1.82) is 0 Å². The Morgan fingerprint density at radius 3 is 2.32 bits per heavy atom. The highest BCUT2D eigenvalue weighted by atomic mass is 14.8. The Morgan fingerprint density at radius 1 is 0.955 bits per heavy atom. The maximum Gasteiger partial charge on any atom is 0.0930 e. The van der Waals surface area contributed by atoms with Gasteiger partial charge in [0.25, 0.3) is 0 Å². The fourth-order valence-corrected chi connectivity index (χ4v) is 3.87. The van der Waals surface area contributed by atoms with E-state index in [0.717, 1.165) is 11.4 Å². The summed E-state index contributed by atoms with van der Waals surface area (Å²) in [4.78, 5) is 9.43. The number of hydrogen-bond acceptors (Lipinski definition) is 2. The summed E-state index contributed by atoms with van der Waals surface area (Å²) in [5.41, 5.74) is 6.44. The fraction of sp³-hybridized carbons (Fsp3) is 0.500. The summed E-state index contributed by atoms with van der Waals surface area (Å²) in [6.07, 6.45) is 11.3. The van der Waals surface area contributed by atoms with Gasteiger partial charge in [0.1, 0.15) is 0 Å². The lowest BCUT2D eigenvalue weighted by Gasteiger charge is -2.32. The van der Waals surface area contributed by atoms with Crippen LogP contribution in [0.3, 0.4) is 0 Å². The van der Waals surface area contributed by atoms with Gasteiger partial charge in [0, 0.05) is 17.8 Å². The number of rotatable bonds is 6. The van der Waals surface area contributed by atoms with E-state index in [0.29, 0.717) is 0 Å². The van der Waals surface area contributed by atoms with Gasteiger partial charge in [-0.15, -0.1) is 0 Å². The van der Waals surface area contributed by atoms with E-state index < -0.39 is 0 Å². The van der Waals surface area contributed by atoms with Gasteiger partial charge >= 0.3 is 0 Å². The highest BCUT2D eigenvalue weighted by molar-refractivity contribution is 5.75. The molecule has 2 aromatic rings. The first-order chi connectivity index (χ1) is 10.7. The van der Waals surface area contributed by atoms with E-state index in [2.05, 4.69) is 44.0 Å². The predicted molar refractivity (Wildman–Crippen MR) is 92.0 cm³/mol. The molecule has 0 amide bonds. The van der Waals surface area contributed by atoms with E-state index in [1.165, 1.54) is 55.2 Å². The van der Waals surface area contributed by atoms with Gasteiger partial charge in [0.15, 0.2) is 0 Å². The minimum Gasteiger partial charge on any atom is -0.254 e. The summed E-state index contributed by atoms with van der Waals surface area (Å²) in [7, 11) is 0. The standard InChI is InChI=1S/C20H26N2/c1-4-6-10-20(11-7-5-2)16-9-8-12-21-18(16)19-17(20)13-15(3)14-22-19/h8-9,12-14H,4-7,10-11H2,1-3H3. The first-order valence-corrected chi connectivity index (χ1v) is 8.66. The molecule has 0 spiro atoms. The maximum absolute atomic E-state index is 4.75. The molecule has 0 atom stereocenters. The number of aryl methyl sites for hydroxylation is 1. The predicted octanol–water partition coefficient (Wildman–Crippen LogP) is 5.43. The van der Waals surface area contributed by atoms with Crippen LogP contribution in [0.1, 0.15) is 69.1 Å². The summed E-state index contributed by atoms with van der Waals surface area (Å²) in [6, 6.07) is 6.73. The van der Waals surface area contributed by atoms with Crippen LogP contribution in [0.2, 0.25) is 0 Å². The normalized spacial score (nSPS) is 14.7. The second kappa shape index (κ2) is 6.20. The van der Waals surface area contributed by atoms with Crippen molar-refractivity contribution < 1.29 is 0 Å². The van der Waals surface area contributed by atoms with Crippen molar-refractivity contribution in [1.82, 2.24) is 9.97 Å². The van der Waals surface area contributed by atoms with Gasteiger partial charge in [-0.1, -0.05) is 51.7 Å². The molecule has 3 rings (SSSR count). The Balaban J connectivity index is 2.20. The molecule has 2 nitrogen and oxygen atoms in total. The summed E-state index contributed by atoms with van der Waals surface area (Å²) in [6.45, 7) is 6.71. The molecule has 0 unspecified atom stereocenters. The van der Waals surface area contributed by atoms with Crippen molar-refractivity contribution >= 4 is 0 Å². The quantitative estimate of drug-likeness (QED) is 0.709. The highest BCUT2D eigenvalue weighted by Gasteiger charge is 2.43. The van der Waals surface area contributed by atoms with Crippen LogP contribution in [0.5, 0.6) is 0 Å². The van der Waals surface area contributed by atoms with Gasteiger partial charge < -0.3 is 0 Å². The van der Waals surface area contributed by atoms with Crippen molar-refractivity contribution in [3.8, 4) is 11.4 Å². The average Bonchev–Trinajstić information content (AvgIpc) is 2.81. The lowest BCUT2D eigenvalue weighted by atomic mass is 9.71. The SMILES string of the molecule is CCCCC1(CCCC)c2cccnc2-c2ncc(C)cc21. The van der Waals surface area contributed by atoms with E-state index in [4.69, 9.17) is 4.98 Å². The summed E-state index contributed by atoms with van der Waals surface area (Å²) >= 11 is 0. The zero-order valence-corrected chi connectivity index (χ0v) is 14.0. The highest BCUT2D eigenvalue weighted by Crippen LogP contribution is 2.52. The van der Waals surface area contributed by atoms with Crippen LogP contribution >= 0.6 is 0 Å². The Hall–Kier alpha value is -1.70. The summed E-state index contributed by atoms with van der Waals surface area (Å²) in [5.74, 6) is 0. The van der Waals surface area contributed by atoms with Crippen LogP contribution in [-0.4, -0.2) is 9.97 Å². The molecule has 0 fully saturated rings. The molecule has 2 heterocycles. The van der Waals surface area contributed by atoms with E-state index >= 15 is 0 Å². The number of hydrogen-bond donors (Lipinski definition) is 0. The molecule has 0 aliphatic heterocycles. The lowest BCUT2D eigenvalue weighted by molar-refractivity contribution is 0.413. The van der Waals surface area contributed by atoms with Gasteiger partial charge in [-0.05, 0) is 42.5 Å². The van der Waals surface area contributed by atoms with Crippen molar-refractivity contribution in [2.75, 3.05) is 0 Å². The third-order valence-electron chi connectivity index (χ3n) is 5.00. The fourth-order valence-electron chi connectivity index (χ4n) is 3.87. The van der Waals surface area contributed by atoms with Crippen LogP contribution < -0.4 is 0 Å². The molecule has 1 aliphatic rings.